The van der Waals surface area contributed by atoms with Crippen LogP contribution in [0.25, 0.3) is 0 Å². The quantitative estimate of drug-likeness (QED) is 0.921. The van der Waals surface area contributed by atoms with E-state index in [1.165, 1.54) is 5.56 Å². The molecule has 19 heavy (non-hydrogen) atoms. The van der Waals surface area contributed by atoms with Gasteiger partial charge in [-0.25, -0.2) is 4.98 Å². The number of benzene rings is 1. The van der Waals surface area contributed by atoms with Gasteiger partial charge in [-0.3, -0.25) is 0 Å². The van der Waals surface area contributed by atoms with Gasteiger partial charge >= 0.3 is 0 Å². The van der Waals surface area contributed by atoms with Crippen molar-refractivity contribution in [2.24, 2.45) is 0 Å². The Hall–Kier alpha value is -1.55. The lowest BCUT2D eigenvalue weighted by molar-refractivity contribution is 0.980. The van der Waals surface area contributed by atoms with Gasteiger partial charge in [0.25, 0.3) is 0 Å². The number of nitrogens with zero attached hydrogens (tertiary/aromatic N) is 2. The second-order valence-electron chi connectivity index (χ2n) is 4.56. The minimum Gasteiger partial charge on any atom is -0.397 e. The normalized spacial score (nSPS) is 10.5. The van der Waals surface area contributed by atoms with Gasteiger partial charge in [0.05, 0.1) is 16.4 Å². The van der Waals surface area contributed by atoms with E-state index in [-0.39, 0.29) is 0 Å². The minimum atomic E-state index is 0.705. The maximum Gasteiger partial charge on any atom is 0.147 e. The summed E-state index contributed by atoms with van der Waals surface area (Å²) < 4.78 is 0.954. The lowest BCUT2D eigenvalue weighted by atomic mass is 10.2. The van der Waals surface area contributed by atoms with Crippen molar-refractivity contribution >= 4 is 33.1 Å². The van der Waals surface area contributed by atoms with Crippen molar-refractivity contribution in [2.75, 3.05) is 17.2 Å². The molecule has 0 saturated heterocycles. The standard InChI is InChI=1S/C15H18BrN3/c1-4-19(12-7-5-6-10(2)8-12)15-14(16)11(3)13(17)9-18-15/h5-9H,4,17H2,1-3H3. The highest BCUT2D eigenvalue weighted by atomic mass is 79.9. The molecule has 0 unspecified atom stereocenters. The first kappa shape index (κ1) is 13.9. The molecule has 2 rings (SSSR count). The summed E-state index contributed by atoms with van der Waals surface area (Å²) in [5.41, 5.74) is 9.99. The monoisotopic (exact) mass is 319 g/mol. The molecule has 2 N–H and O–H groups in total. The molecule has 0 radical (unpaired) electrons. The average molecular weight is 320 g/mol. The lowest BCUT2D eigenvalue weighted by Gasteiger charge is -2.24. The van der Waals surface area contributed by atoms with Gasteiger partial charge in [-0.1, -0.05) is 12.1 Å². The molecular formula is C15H18BrN3. The van der Waals surface area contributed by atoms with Crippen molar-refractivity contribution in [3.63, 3.8) is 0 Å². The Morgan fingerprint density at radius 1 is 1.32 bits per heavy atom. The van der Waals surface area contributed by atoms with Gasteiger partial charge in [0.2, 0.25) is 0 Å². The molecule has 1 heterocycles. The largest absolute Gasteiger partial charge is 0.397 e. The number of hydrogen-bond donors (Lipinski definition) is 1. The summed E-state index contributed by atoms with van der Waals surface area (Å²) in [5.74, 6) is 0.903. The fraction of sp³-hybridized carbons (Fsp3) is 0.267. The third-order valence-corrected chi connectivity index (χ3v) is 4.12. The summed E-state index contributed by atoms with van der Waals surface area (Å²) in [4.78, 5) is 6.64. The Morgan fingerprint density at radius 3 is 2.68 bits per heavy atom. The molecule has 1 aromatic carbocycles. The van der Waals surface area contributed by atoms with E-state index in [1.807, 2.05) is 6.92 Å². The van der Waals surface area contributed by atoms with Crippen LogP contribution < -0.4 is 10.6 Å². The predicted molar refractivity (Wildman–Crippen MR) is 84.9 cm³/mol. The number of pyridine rings is 1. The highest BCUT2D eigenvalue weighted by Gasteiger charge is 2.15. The fourth-order valence-electron chi connectivity index (χ4n) is 2.02. The molecule has 4 heteroatoms. The lowest BCUT2D eigenvalue weighted by Crippen LogP contribution is -2.18. The third kappa shape index (κ3) is 2.73. The van der Waals surface area contributed by atoms with Gasteiger partial charge in [-0.2, -0.15) is 0 Å². The molecule has 0 aliphatic heterocycles. The van der Waals surface area contributed by atoms with E-state index < -0.39 is 0 Å². The molecule has 0 fully saturated rings. The minimum absolute atomic E-state index is 0.705. The Morgan fingerprint density at radius 2 is 2.05 bits per heavy atom. The van der Waals surface area contributed by atoms with Crippen LogP contribution in [0.5, 0.6) is 0 Å². The van der Waals surface area contributed by atoms with Crippen molar-refractivity contribution in [1.82, 2.24) is 4.98 Å². The molecule has 0 atom stereocenters. The molecule has 0 bridgehead atoms. The van der Waals surface area contributed by atoms with Crippen LogP contribution in [-0.2, 0) is 0 Å². The molecule has 0 spiro atoms. The molecule has 0 aliphatic rings. The van der Waals surface area contributed by atoms with Crippen molar-refractivity contribution in [3.8, 4) is 0 Å². The van der Waals surface area contributed by atoms with E-state index >= 15 is 0 Å². The van der Waals surface area contributed by atoms with Crippen LogP contribution in [-0.4, -0.2) is 11.5 Å². The van der Waals surface area contributed by atoms with Crippen LogP contribution in [0.15, 0.2) is 34.9 Å². The van der Waals surface area contributed by atoms with Gasteiger partial charge in [-0.15, -0.1) is 0 Å². The Labute approximate surface area is 122 Å². The van der Waals surface area contributed by atoms with Crippen LogP contribution >= 0.6 is 15.9 Å². The number of nitrogen functional groups attached to an aromatic ring is 1. The second kappa shape index (κ2) is 5.61. The maximum absolute atomic E-state index is 5.88. The Balaban J connectivity index is 2.51. The molecule has 100 valence electrons. The summed E-state index contributed by atoms with van der Waals surface area (Å²) in [6.45, 7) is 7.04. The van der Waals surface area contributed by atoms with Gasteiger partial charge in [0.15, 0.2) is 0 Å². The number of nitrogens with two attached hydrogens (primary N) is 1. The Bertz CT molecular complexity index is 596. The fourth-order valence-corrected chi connectivity index (χ4v) is 2.56. The van der Waals surface area contributed by atoms with E-state index in [2.05, 4.69) is 63.9 Å². The van der Waals surface area contributed by atoms with Crippen molar-refractivity contribution in [1.29, 1.82) is 0 Å². The van der Waals surface area contributed by atoms with Crippen molar-refractivity contribution in [3.05, 3.63) is 46.1 Å². The maximum atomic E-state index is 5.88. The highest BCUT2D eigenvalue weighted by molar-refractivity contribution is 9.10. The zero-order valence-electron chi connectivity index (χ0n) is 11.4. The molecule has 1 aromatic heterocycles. The average Bonchev–Trinajstić information content (AvgIpc) is 2.40. The zero-order chi connectivity index (χ0) is 14.0. The smallest absolute Gasteiger partial charge is 0.147 e. The van der Waals surface area contributed by atoms with Crippen LogP contribution in [0, 0.1) is 13.8 Å². The van der Waals surface area contributed by atoms with Gasteiger partial charge < -0.3 is 10.6 Å². The Kier molecular flexibility index (Phi) is 4.10. The van der Waals surface area contributed by atoms with Crippen LogP contribution in [0.1, 0.15) is 18.1 Å². The van der Waals surface area contributed by atoms with Crippen LogP contribution in [0.4, 0.5) is 17.2 Å². The molecule has 3 nitrogen and oxygen atoms in total. The van der Waals surface area contributed by atoms with E-state index in [9.17, 15) is 0 Å². The molecule has 0 amide bonds. The number of anilines is 3. The SMILES string of the molecule is CCN(c1cccc(C)c1)c1ncc(N)c(C)c1Br. The van der Waals surface area contributed by atoms with E-state index in [4.69, 9.17) is 5.73 Å². The summed E-state index contributed by atoms with van der Waals surface area (Å²) in [6.07, 6.45) is 1.72. The van der Waals surface area contributed by atoms with Crippen molar-refractivity contribution in [2.45, 2.75) is 20.8 Å². The summed E-state index contributed by atoms with van der Waals surface area (Å²) in [5, 5.41) is 0. The first-order chi connectivity index (χ1) is 9.04. The van der Waals surface area contributed by atoms with Crippen LogP contribution in [0.2, 0.25) is 0 Å². The second-order valence-corrected chi connectivity index (χ2v) is 5.35. The number of aryl methyl sites for hydroxylation is 1. The molecular weight excluding hydrogens is 302 g/mol. The number of hydrogen-bond acceptors (Lipinski definition) is 3. The third-order valence-electron chi connectivity index (χ3n) is 3.17. The first-order valence-electron chi connectivity index (χ1n) is 6.29. The van der Waals surface area contributed by atoms with Gasteiger partial charge in [0.1, 0.15) is 5.82 Å². The van der Waals surface area contributed by atoms with E-state index in [0.717, 1.165) is 28.1 Å². The number of halogens is 1. The molecule has 0 aliphatic carbocycles. The predicted octanol–water partition coefficient (Wildman–Crippen LogP) is 4.20. The summed E-state index contributed by atoms with van der Waals surface area (Å²) >= 11 is 3.60. The summed E-state index contributed by atoms with van der Waals surface area (Å²) in [7, 11) is 0. The van der Waals surface area contributed by atoms with Gasteiger partial charge in [-0.05, 0) is 60.0 Å². The van der Waals surface area contributed by atoms with E-state index in [1.54, 1.807) is 6.20 Å². The number of aromatic nitrogens is 1. The van der Waals surface area contributed by atoms with E-state index in [0.29, 0.717) is 5.69 Å². The van der Waals surface area contributed by atoms with Crippen molar-refractivity contribution < 1.29 is 0 Å². The van der Waals surface area contributed by atoms with Gasteiger partial charge in [0, 0.05) is 12.2 Å². The summed E-state index contributed by atoms with van der Waals surface area (Å²) in [6, 6.07) is 8.40. The topological polar surface area (TPSA) is 42.2 Å². The number of rotatable bonds is 3. The molecule has 2 aromatic rings. The highest BCUT2D eigenvalue weighted by Crippen LogP contribution is 2.34. The molecule has 0 saturated carbocycles. The zero-order valence-corrected chi connectivity index (χ0v) is 13.0. The van der Waals surface area contributed by atoms with Crippen LogP contribution in [0.3, 0.4) is 0 Å². The first-order valence-corrected chi connectivity index (χ1v) is 7.08.